The van der Waals surface area contributed by atoms with Gasteiger partial charge in [0, 0.05) is 12.6 Å². The normalized spacial score (nSPS) is 13.3. The SMILES string of the molecule is CCCNC(C)CCNC(=O)OC(C)(C)C. The van der Waals surface area contributed by atoms with E-state index in [4.69, 9.17) is 4.74 Å². The molecule has 0 aliphatic carbocycles. The fourth-order valence-corrected chi connectivity index (χ4v) is 1.20. The first-order valence-corrected chi connectivity index (χ1v) is 6.05. The average Bonchev–Trinajstić information content (AvgIpc) is 2.11. The minimum Gasteiger partial charge on any atom is -0.444 e. The summed E-state index contributed by atoms with van der Waals surface area (Å²) in [5, 5.41) is 6.11. The number of alkyl carbamates (subject to hydrolysis) is 1. The van der Waals surface area contributed by atoms with Crippen molar-refractivity contribution in [1.29, 1.82) is 0 Å². The molecule has 0 radical (unpaired) electrons. The number of nitrogens with one attached hydrogen (secondary N) is 2. The Morgan fingerprint density at radius 3 is 2.44 bits per heavy atom. The van der Waals surface area contributed by atoms with Gasteiger partial charge in [-0.05, 0) is 47.1 Å². The van der Waals surface area contributed by atoms with Gasteiger partial charge in [-0.15, -0.1) is 0 Å². The molecule has 0 rings (SSSR count). The zero-order valence-corrected chi connectivity index (χ0v) is 11.2. The highest BCUT2D eigenvalue weighted by atomic mass is 16.6. The molecule has 0 heterocycles. The Balaban J connectivity index is 3.54. The third-order valence-corrected chi connectivity index (χ3v) is 1.99. The lowest BCUT2D eigenvalue weighted by molar-refractivity contribution is 0.0526. The van der Waals surface area contributed by atoms with Crippen molar-refractivity contribution in [2.24, 2.45) is 0 Å². The van der Waals surface area contributed by atoms with Gasteiger partial charge in [-0.1, -0.05) is 6.92 Å². The number of amides is 1. The molecule has 16 heavy (non-hydrogen) atoms. The predicted molar refractivity (Wildman–Crippen MR) is 66.6 cm³/mol. The quantitative estimate of drug-likeness (QED) is 0.736. The van der Waals surface area contributed by atoms with Gasteiger partial charge in [-0.2, -0.15) is 0 Å². The monoisotopic (exact) mass is 230 g/mol. The summed E-state index contributed by atoms with van der Waals surface area (Å²) in [6.07, 6.45) is 1.71. The van der Waals surface area contributed by atoms with Gasteiger partial charge in [0.15, 0.2) is 0 Å². The standard InChI is InChI=1S/C12H26N2O2/c1-6-8-13-10(2)7-9-14-11(15)16-12(3,4)5/h10,13H,6-9H2,1-5H3,(H,14,15). The van der Waals surface area contributed by atoms with E-state index < -0.39 is 5.60 Å². The van der Waals surface area contributed by atoms with Crippen molar-refractivity contribution in [3.05, 3.63) is 0 Å². The fraction of sp³-hybridized carbons (Fsp3) is 0.917. The summed E-state index contributed by atoms with van der Waals surface area (Å²) in [5.41, 5.74) is -0.420. The van der Waals surface area contributed by atoms with Crippen LogP contribution in [0.15, 0.2) is 0 Å². The molecule has 96 valence electrons. The van der Waals surface area contributed by atoms with Crippen molar-refractivity contribution in [3.63, 3.8) is 0 Å². The van der Waals surface area contributed by atoms with Gasteiger partial charge < -0.3 is 15.4 Å². The highest BCUT2D eigenvalue weighted by molar-refractivity contribution is 5.67. The number of carbonyl (C=O) groups is 1. The first kappa shape index (κ1) is 15.2. The molecule has 0 saturated carbocycles. The zero-order chi connectivity index (χ0) is 12.6. The third-order valence-electron chi connectivity index (χ3n) is 1.99. The van der Waals surface area contributed by atoms with E-state index >= 15 is 0 Å². The molecular weight excluding hydrogens is 204 g/mol. The molecule has 2 N–H and O–H groups in total. The molecule has 4 nitrogen and oxygen atoms in total. The molecule has 4 heteroatoms. The summed E-state index contributed by atoms with van der Waals surface area (Å²) in [6, 6.07) is 0.426. The Labute approximate surface area is 99.1 Å². The molecule has 0 saturated heterocycles. The van der Waals surface area contributed by atoms with Crippen LogP contribution >= 0.6 is 0 Å². The average molecular weight is 230 g/mol. The first-order chi connectivity index (χ1) is 7.35. The molecule has 0 aromatic carbocycles. The molecule has 1 amide bonds. The number of hydrogen-bond acceptors (Lipinski definition) is 3. The van der Waals surface area contributed by atoms with Crippen LogP contribution in [0.3, 0.4) is 0 Å². The lowest BCUT2D eigenvalue weighted by atomic mass is 10.2. The molecule has 0 aromatic heterocycles. The lowest BCUT2D eigenvalue weighted by Gasteiger charge is -2.20. The van der Waals surface area contributed by atoms with Crippen LogP contribution in [-0.2, 0) is 4.74 Å². The van der Waals surface area contributed by atoms with E-state index in [1.54, 1.807) is 0 Å². The van der Waals surface area contributed by atoms with E-state index in [0.29, 0.717) is 12.6 Å². The predicted octanol–water partition coefficient (Wildman–Crippen LogP) is 2.29. The van der Waals surface area contributed by atoms with E-state index in [0.717, 1.165) is 19.4 Å². The van der Waals surface area contributed by atoms with Crippen LogP contribution in [-0.4, -0.2) is 30.8 Å². The fourth-order valence-electron chi connectivity index (χ4n) is 1.20. The minimum atomic E-state index is -0.420. The van der Waals surface area contributed by atoms with Crippen LogP contribution in [0, 0.1) is 0 Å². The van der Waals surface area contributed by atoms with Crippen LogP contribution in [0.5, 0.6) is 0 Å². The summed E-state index contributed by atoms with van der Waals surface area (Å²) in [5.74, 6) is 0. The molecule has 1 atom stereocenters. The van der Waals surface area contributed by atoms with Crippen LogP contribution in [0.2, 0.25) is 0 Å². The summed E-state index contributed by atoms with van der Waals surface area (Å²) in [6.45, 7) is 11.5. The van der Waals surface area contributed by atoms with E-state index in [9.17, 15) is 4.79 Å². The number of rotatable bonds is 6. The Bertz CT molecular complexity index is 200. The second-order valence-electron chi connectivity index (χ2n) is 5.07. The van der Waals surface area contributed by atoms with E-state index in [-0.39, 0.29) is 6.09 Å². The second-order valence-corrected chi connectivity index (χ2v) is 5.07. The number of carbonyl (C=O) groups excluding carboxylic acids is 1. The highest BCUT2D eigenvalue weighted by Crippen LogP contribution is 2.06. The van der Waals surface area contributed by atoms with Crippen molar-refractivity contribution in [2.45, 2.75) is 59.1 Å². The van der Waals surface area contributed by atoms with Gasteiger partial charge in [0.05, 0.1) is 0 Å². The highest BCUT2D eigenvalue weighted by Gasteiger charge is 2.15. The maximum atomic E-state index is 11.3. The summed E-state index contributed by atoms with van der Waals surface area (Å²) in [7, 11) is 0. The maximum absolute atomic E-state index is 11.3. The molecule has 0 aliphatic heterocycles. The maximum Gasteiger partial charge on any atom is 0.407 e. The van der Waals surface area contributed by atoms with Crippen LogP contribution in [0.4, 0.5) is 4.79 Å². The summed E-state index contributed by atoms with van der Waals surface area (Å²) < 4.78 is 5.13. The van der Waals surface area contributed by atoms with Gasteiger partial charge in [-0.25, -0.2) is 4.79 Å². The molecule has 0 fully saturated rings. The molecule has 0 spiro atoms. The Kier molecular flexibility index (Phi) is 7.13. The summed E-state index contributed by atoms with van der Waals surface area (Å²) >= 11 is 0. The van der Waals surface area contributed by atoms with Gasteiger partial charge in [-0.3, -0.25) is 0 Å². The second kappa shape index (κ2) is 7.49. The van der Waals surface area contributed by atoms with Gasteiger partial charge in [0.1, 0.15) is 5.60 Å². The molecular formula is C12H26N2O2. The first-order valence-electron chi connectivity index (χ1n) is 6.05. The van der Waals surface area contributed by atoms with E-state index in [2.05, 4.69) is 24.5 Å². The third kappa shape index (κ3) is 9.77. The molecule has 0 aliphatic rings. The van der Waals surface area contributed by atoms with Crippen molar-refractivity contribution in [3.8, 4) is 0 Å². The Morgan fingerprint density at radius 2 is 1.94 bits per heavy atom. The largest absolute Gasteiger partial charge is 0.444 e. The molecule has 0 bridgehead atoms. The van der Waals surface area contributed by atoms with Crippen molar-refractivity contribution >= 4 is 6.09 Å². The molecule has 0 aromatic rings. The van der Waals surface area contributed by atoms with Crippen molar-refractivity contribution in [2.75, 3.05) is 13.1 Å². The zero-order valence-electron chi connectivity index (χ0n) is 11.2. The lowest BCUT2D eigenvalue weighted by Crippen LogP contribution is -2.36. The van der Waals surface area contributed by atoms with Crippen LogP contribution in [0.25, 0.3) is 0 Å². The number of ether oxygens (including phenoxy) is 1. The smallest absolute Gasteiger partial charge is 0.407 e. The Hall–Kier alpha value is -0.770. The Morgan fingerprint density at radius 1 is 1.31 bits per heavy atom. The van der Waals surface area contributed by atoms with Crippen molar-refractivity contribution in [1.82, 2.24) is 10.6 Å². The topological polar surface area (TPSA) is 50.4 Å². The van der Waals surface area contributed by atoms with Gasteiger partial charge in [0.2, 0.25) is 0 Å². The van der Waals surface area contributed by atoms with Crippen molar-refractivity contribution < 1.29 is 9.53 Å². The number of hydrogen-bond donors (Lipinski definition) is 2. The van der Waals surface area contributed by atoms with Crippen LogP contribution < -0.4 is 10.6 Å². The minimum absolute atomic E-state index is 0.338. The van der Waals surface area contributed by atoms with Crippen LogP contribution in [0.1, 0.15) is 47.5 Å². The summed E-state index contributed by atoms with van der Waals surface area (Å²) in [4.78, 5) is 11.3. The van der Waals surface area contributed by atoms with E-state index in [1.807, 2.05) is 20.8 Å². The van der Waals surface area contributed by atoms with Gasteiger partial charge >= 0.3 is 6.09 Å². The van der Waals surface area contributed by atoms with Gasteiger partial charge in [0.25, 0.3) is 0 Å². The molecule has 1 unspecified atom stereocenters. The van der Waals surface area contributed by atoms with E-state index in [1.165, 1.54) is 0 Å².